The van der Waals surface area contributed by atoms with Crippen LogP contribution in [0, 0.1) is 6.92 Å². The Morgan fingerprint density at radius 2 is 1.96 bits per heavy atom. The predicted molar refractivity (Wildman–Crippen MR) is 110 cm³/mol. The number of fused-ring (bicyclic) bond motifs is 6. The second-order valence-electron chi connectivity index (χ2n) is 7.14. The van der Waals surface area contributed by atoms with Gasteiger partial charge in [-0.2, -0.15) is 0 Å². The summed E-state index contributed by atoms with van der Waals surface area (Å²) in [5.74, 6) is 1.70. The van der Waals surface area contributed by atoms with E-state index in [0.717, 1.165) is 56.9 Å². The SMILES string of the molecule is COc1ccc(-c2c3c(nc4sc5c(ncn6c(C)nnc56)c24)CCC3)cc1. The Bertz CT molecular complexity index is 1380. The molecule has 0 spiro atoms. The van der Waals surface area contributed by atoms with E-state index in [4.69, 9.17) is 14.7 Å². The number of pyridine rings is 1. The maximum atomic E-state index is 5.35. The van der Waals surface area contributed by atoms with Crippen LogP contribution < -0.4 is 4.74 Å². The number of aromatic nitrogens is 5. The summed E-state index contributed by atoms with van der Waals surface area (Å²) < 4.78 is 8.34. The molecule has 6 nitrogen and oxygen atoms in total. The summed E-state index contributed by atoms with van der Waals surface area (Å²) in [6.07, 6.45) is 5.07. The lowest BCUT2D eigenvalue weighted by molar-refractivity contribution is 0.415. The van der Waals surface area contributed by atoms with Crippen LogP contribution in [0.5, 0.6) is 5.75 Å². The van der Waals surface area contributed by atoms with Gasteiger partial charge in [0.05, 0.1) is 12.6 Å². The molecule has 0 saturated carbocycles. The number of nitrogens with zero attached hydrogens (tertiary/aromatic N) is 5. The minimum Gasteiger partial charge on any atom is -0.497 e. The summed E-state index contributed by atoms with van der Waals surface area (Å²) in [6, 6.07) is 8.31. The van der Waals surface area contributed by atoms with E-state index in [9.17, 15) is 0 Å². The molecule has 0 unspecified atom stereocenters. The molecule has 0 saturated heterocycles. The molecule has 6 rings (SSSR count). The van der Waals surface area contributed by atoms with Crippen molar-refractivity contribution in [3.8, 4) is 16.9 Å². The van der Waals surface area contributed by atoms with Crippen molar-refractivity contribution in [1.29, 1.82) is 0 Å². The highest BCUT2D eigenvalue weighted by Gasteiger charge is 2.25. The smallest absolute Gasteiger partial charge is 0.181 e. The van der Waals surface area contributed by atoms with Crippen LogP contribution in [0.1, 0.15) is 23.5 Å². The molecule has 4 heterocycles. The van der Waals surface area contributed by atoms with Gasteiger partial charge < -0.3 is 4.74 Å². The first-order valence-electron chi connectivity index (χ1n) is 9.33. The molecular formula is C21H17N5OS. The summed E-state index contributed by atoms with van der Waals surface area (Å²) in [5, 5.41) is 9.74. The molecule has 28 heavy (non-hydrogen) atoms. The van der Waals surface area contributed by atoms with Gasteiger partial charge in [0.25, 0.3) is 0 Å². The Labute approximate surface area is 164 Å². The van der Waals surface area contributed by atoms with Gasteiger partial charge in [-0.05, 0) is 55.0 Å². The molecule has 5 aromatic rings. The lowest BCUT2D eigenvalue weighted by Gasteiger charge is -2.11. The highest BCUT2D eigenvalue weighted by atomic mass is 32.1. The van der Waals surface area contributed by atoms with E-state index in [0.29, 0.717) is 0 Å². The lowest BCUT2D eigenvalue weighted by Crippen LogP contribution is -1.95. The van der Waals surface area contributed by atoms with Crippen LogP contribution >= 0.6 is 11.3 Å². The molecular weight excluding hydrogens is 370 g/mol. The van der Waals surface area contributed by atoms with E-state index in [1.165, 1.54) is 22.4 Å². The fourth-order valence-corrected chi connectivity index (χ4v) is 5.37. The van der Waals surface area contributed by atoms with E-state index in [1.807, 2.05) is 29.8 Å². The zero-order valence-electron chi connectivity index (χ0n) is 15.6. The van der Waals surface area contributed by atoms with Crippen molar-refractivity contribution >= 4 is 37.4 Å². The summed E-state index contributed by atoms with van der Waals surface area (Å²) in [5.41, 5.74) is 6.85. The van der Waals surface area contributed by atoms with E-state index in [2.05, 4.69) is 22.3 Å². The Kier molecular flexibility index (Phi) is 3.26. The van der Waals surface area contributed by atoms with Crippen LogP contribution in [0.2, 0.25) is 0 Å². The number of rotatable bonds is 2. The van der Waals surface area contributed by atoms with E-state index >= 15 is 0 Å². The van der Waals surface area contributed by atoms with Crippen LogP contribution in [-0.2, 0) is 12.8 Å². The quantitative estimate of drug-likeness (QED) is 0.450. The van der Waals surface area contributed by atoms with Gasteiger partial charge in [-0.1, -0.05) is 12.1 Å². The highest BCUT2D eigenvalue weighted by Crippen LogP contribution is 2.44. The molecule has 0 fully saturated rings. The molecule has 0 radical (unpaired) electrons. The summed E-state index contributed by atoms with van der Waals surface area (Å²) >= 11 is 1.67. The van der Waals surface area contributed by atoms with Gasteiger partial charge in [0, 0.05) is 11.1 Å². The molecule has 0 N–H and O–H groups in total. The highest BCUT2D eigenvalue weighted by molar-refractivity contribution is 7.26. The number of aryl methyl sites for hydroxylation is 2. The Hall–Kier alpha value is -3.06. The third-order valence-electron chi connectivity index (χ3n) is 5.59. The fourth-order valence-electron chi connectivity index (χ4n) is 4.24. The Morgan fingerprint density at radius 1 is 1.11 bits per heavy atom. The van der Waals surface area contributed by atoms with Gasteiger partial charge in [-0.15, -0.1) is 21.5 Å². The molecule has 0 aliphatic heterocycles. The zero-order valence-corrected chi connectivity index (χ0v) is 16.4. The van der Waals surface area contributed by atoms with Gasteiger partial charge in [-0.25, -0.2) is 9.97 Å². The molecule has 4 aromatic heterocycles. The molecule has 7 heteroatoms. The number of methoxy groups -OCH3 is 1. The summed E-state index contributed by atoms with van der Waals surface area (Å²) in [4.78, 5) is 10.9. The third-order valence-corrected chi connectivity index (χ3v) is 6.66. The van der Waals surface area contributed by atoms with Crippen LogP contribution in [0.3, 0.4) is 0 Å². The summed E-state index contributed by atoms with van der Waals surface area (Å²) in [7, 11) is 1.69. The topological polar surface area (TPSA) is 65.2 Å². The van der Waals surface area contributed by atoms with Crippen molar-refractivity contribution in [3.05, 3.63) is 47.7 Å². The average molecular weight is 387 g/mol. The molecule has 1 aliphatic carbocycles. The fraction of sp³-hybridized carbons (Fsp3) is 0.238. The van der Waals surface area contributed by atoms with Crippen molar-refractivity contribution < 1.29 is 4.74 Å². The van der Waals surface area contributed by atoms with Gasteiger partial charge >= 0.3 is 0 Å². The van der Waals surface area contributed by atoms with Crippen molar-refractivity contribution in [2.24, 2.45) is 0 Å². The van der Waals surface area contributed by atoms with Crippen LogP contribution in [0.4, 0.5) is 0 Å². The second kappa shape index (κ2) is 5.72. The summed E-state index contributed by atoms with van der Waals surface area (Å²) in [6.45, 7) is 1.94. The minimum absolute atomic E-state index is 0.840. The molecule has 0 atom stereocenters. The lowest BCUT2D eigenvalue weighted by atomic mass is 9.96. The monoisotopic (exact) mass is 387 g/mol. The molecule has 0 bridgehead atoms. The normalized spacial score (nSPS) is 13.6. The number of thiophene rings is 1. The zero-order chi connectivity index (χ0) is 18.8. The van der Waals surface area contributed by atoms with Crippen molar-refractivity contribution in [2.75, 3.05) is 7.11 Å². The van der Waals surface area contributed by atoms with Gasteiger partial charge in [0.1, 0.15) is 27.4 Å². The maximum Gasteiger partial charge on any atom is 0.181 e. The standard InChI is InChI=1S/C21H17N5OS/c1-11-24-25-20-19-18(22-10-26(11)20)17-16(12-6-8-13(27-2)9-7-12)14-4-3-5-15(14)23-21(17)28-19/h6-10H,3-5H2,1-2H3. The van der Waals surface area contributed by atoms with E-state index in [1.54, 1.807) is 18.4 Å². The van der Waals surface area contributed by atoms with E-state index < -0.39 is 0 Å². The maximum absolute atomic E-state index is 5.35. The van der Waals surface area contributed by atoms with Gasteiger partial charge in [-0.3, -0.25) is 4.40 Å². The first kappa shape index (κ1) is 15.9. The van der Waals surface area contributed by atoms with Crippen molar-refractivity contribution in [3.63, 3.8) is 0 Å². The minimum atomic E-state index is 0.840. The average Bonchev–Trinajstić information content (AvgIpc) is 3.43. The predicted octanol–water partition coefficient (Wildman–Crippen LogP) is 4.36. The molecule has 1 aromatic carbocycles. The molecule has 138 valence electrons. The number of ether oxygens (including phenoxy) is 1. The van der Waals surface area contributed by atoms with Crippen molar-refractivity contribution in [1.82, 2.24) is 24.6 Å². The first-order valence-corrected chi connectivity index (χ1v) is 10.1. The first-order chi connectivity index (χ1) is 13.7. The Morgan fingerprint density at radius 3 is 2.79 bits per heavy atom. The van der Waals surface area contributed by atoms with Gasteiger partial charge in [0.2, 0.25) is 0 Å². The Balaban J connectivity index is 1.76. The van der Waals surface area contributed by atoms with E-state index in [-0.39, 0.29) is 0 Å². The molecule has 1 aliphatic rings. The van der Waals surface area contributed by atoms with Crippen molar-refractivity contribution in [2.45, 2.75) is 26.2 Å². The largest absolute Gasteiger partial charge is 0.497 e. The number of benzene rings is 1. The van der Waals surface area contributed by atoms with Gasteiger partial charge in [0.15, 0.2) is 5.65 Å². The van der Waals surface area contributed by atoms with Crippen LogP contribution in [0.15, 0.2) is 30.6 Å². The second-order valence-corrected chi connectivity index (χ2v) is 8.14. The molecule has 0 amide bonds. The number of hydrogen-bond donors (Lipinski definition) is 0. The number of hydrogen-bond acceptors (Lipinski definition) is 6. The third kappa shape index (κ3) is 2.08. The van der Waals surface area contributed by atoms with Crippen LogP contribution in [-0.4, -0.2) is 31.7 Å². The van der Waals surface area contributed by atoms with Crippen LogP contribution in [0.25, 0.3) is 37.2 Å².